The Balaban J connectivity index is 1.40. The molecule has 4 aromatic rings. The van der Waals surface area contributed by atoms with E-state index in [9.17, 15) is 4.79 Å². The number of H-pyrrole nitrogens is 1. The average Bonchev–Trinajstić information content (AvgIpc) is 3.41. The van der Waals surface area contributed by atoms with Gasteiger partial charge in [-0.15, -0.1) is 5.10 Å². The summed E-state index contributed by atoms with van der Waals surface area (Å²) in [6, 6.07) is 12.3. The largest absolute Gasteiger partial charge is 0.369 e. The lowest BCUT2D eigenvalue weighted by atomic mass is 9.95. The number of halogens is 1. The molecule has 0 bridgehead atoms. The van der Waals surface area contributed by atoms with Crippen LogP contribution in [0.15, 0.2) is 41.2 Å². The van der Waals surface area contributed by atoms with Crippen molar-refractivity contribution < 1.29 is 0 Å². The SMILES string of the molecule is Cc1cc(C)c2[nH]c(=O)c(C(c3nnnn3C3CCCCC3)N3CCN(c4cc(Cl)ccc4C)CC3)cc2c1. The molecule has 2 aromatic heterocycles. The van der Waals surface area contributed by atoms with E-state index in [1.807, 2.05) is 23.7 Å². The van der Waals surface area contributed by atoms with Crippen LogP contribution >= 0.6 is 11.6 Å². The lowest BCUT2D eigenvalue weighted by Gasteiger charge is -2.40. The zero-order valence-electron chi connectivity index (χ0n) is 23.0. The number of piperazine rings is 1. The minimum absolute atomic E-state index is 0.0780. The summed E-state index contributed by atoms with van der Waals surface area (Å²) < 4.78 is 2.02. The zero-order chi connectivity index (χ0) is 27.1. The van der Waals surface area contributed by atoms with Crippen LogP contribution in [-0.2, 0) is 0 Å². The van der Waals surface area contributed by atoms with E-state index in [4.69, 9.17) is 11.6 Å². The smallest absolute Gasteiger partial charge is 0.253 e. The van der Waals surface area contributed by atoms with Gasteiger partial charge in [0.1, 0.15) is 6.04 Å². The van der Waals surface area contributed by atoms with Crippen molar-refractivity contribution in [3.8, 4) is 0 Å². The van der Waals surface area contributed by atoms with Crippen LogP contribution in [-0.4, -0.2) is 56.3 Å². The summed E-state index contributed by atoms with van der Waals surface area (Å²) in [4.78, 5) is 21.7. The maximum absolute atomic E-state index is 13.7. The van der Waals surface area contributed by atoms with Crippen molar-refractivity contribution in [3.63, 3.8) is 0 Å². The Morgan fingerprint density at radius 3 is 2.49 bits per heavy atom. The molecule has 1 saturated heterocycles. The number of tetrazole rings is 1. The summed E-state index contributed by atoms with van der Waals surface area (Å²) in [7, 11) is 0. The Morgan fingerprint density at radius 2 is 1.72 bits per heavy atom. The number of hydrogen-bond donors (Lipinski definition) is 1. The Kier molecular flexibility index (Phi) is 7.16. The number of anilines is 1. The molecule has 9 heteroatoms. The highest BCUT2D eigenvalue weighted by atomic mass is 35.5. The number of aryl methyl sites for hydroxylation is 3. The van der Waals surface area contributed by atoms with Crippen LogP contribution < -0.4 is 10.5 Å². The molecule has 2 aliphatic rings. The van der Waals surface area contributed by atoms with E-state index < -0.39 is 0 Å². The summed E-state index contributed by atoms with van der Waals surface area (Å²) in [5.74, 6) is 0.767. The van der Waals surface area contributed by atoms with E-state index in [1.165, 1.54) is 36.1 Å². The molecule has 3 heterocycles. The van der Waals surface area contributed by atoms with Gasteiger partial charge in [-0.1, -0.05) is 48.6 Å². The van der Waals surface area contributed by atoms with Crippen LogP contribution in [0, 0.1) is 20.8 Å². The molecule has 1 N–H and O–H groups in total. The second kappa shape index (κ2) is 10.7. The highest BCUT2D eigenvalue weighted by molar-refractivity contribution is 6.30. The highest BCUT2D eigenvalue weighted by Gasteiger charge is 2.34. The van der Waals surface area contributed by atoms with Gasteiger partial charge >= 0.3 is 0 Å². The number of fused-ring (bicyclic) bond motifs is 1. The van der Waals surface area contributed by atoms with Crippen molar-refractivity contribution in [3.05, 3.63) is 79.9 Å². The van der Waals surface area contributed by atoms with Gasteiger partial charge < -0.3 is 9.88 Å². The lowest BCUT2D eigenvalue weighted by Crippen LogP contribution is -2.49. The number of pyridine rings is 1. The average molecular weight is 546 g/mol. The van der Waals surface area contributed by atoms with Gasteiger partial charge in [-0.05, 0) is 84.8 Å². The minimum Gasteiger partial charge on any atom is -0.369 e. The predicted molar refractivity (Wildman–Crippen MR) is 156 cm³/mol. The summed E-state index contributed by atoms with van der Waals surface area (Å²) in [5.41, 5.74) is 6.14. The third-order valence-electron chi connectivity index (χ3n) is 8.49. The Hall–Kier alpha value is -3.23. The van der Waals surface area contributed by atoms with Crippen molar-refractivity contribution >= 4 is 28.2 Å². The molecule has 204 valence electrons. The zero-order valence-corrected chi connectivity index (χ0v) is 23.7. The van der Waals surface area contributed by atoms with E-state index in [0.29, 0.717) is 5.56 Å². The number of aromatic nitrogens is 5. The monoisotopic (exact) mass is 545 g/mol. The topological polar surface area (TPSA) is 82.9 Å². The number of aromatic amines is 1. The maximum atomic E-state index is 13.7. The molecule has 1 aliphatic heterocycles. The maximum Gasteiger partial charge on any atom is 0.253 e. The molecule has 2 fully saturated rings. The lowest BCUT2D eigenvalue weighted by molar-refractivity contribution is 0.192. The van der Waals surface area contributed by atoms with Gasteiger partial charge in [0.05, 0.1) is 11.6 Å². The van der Waals surface area contributed by atoms with Gasteiger partial charge in [-0.25, -0.2) is 4.68 Å². The molecule has 0 amide bonds. The van der Waals surface area contributed by atoms with Crippen molar-refractivity contribution in [2.45, 2.75) is 65.0 Å². The van der Waals surface area contributed by atoms with E-state index in [2.05, 4.69) is 68.4 Å². The van der Waals surface area contributed by atoms with Crippen molar-refractivity contribution in [1.29, 1.82) is 0 Å². The molecule has 0 spiro atoms. The molecule has 1 aliphatic carbocycles. The minimum atomic E-state index is -0.335. The summed E-state index contributed by atoms with van der Waals surface area (Å²) >= 11 is 6.34. The van der Waals surface area contributed by atoms with Crippen molar-refractivity contribution in [2.75, 3.05) is 31.1 Å². The van der Waals surface area contributed by atoms with E-state index in [-0.39, 0.29) is 17.6 Å². The summed E-state index contributed by atoms with van der Waals surface area (Å²) in [6.07, 6.45) is 5.76. The summed E-state index contributed by atoms with van der Waals surface area (Å²) in [6.45, 7) is 9.46. The van der Waals surface area contributed by atoms with Crippen LogP contribution in [0.1, 0.15) is 72.3 Å². The third kappa shape index (κ3) is 5.08. The molecule has 0 radical (unpaired) electrons. The van der Waals surface area contributed by atoms with E-state index in [0.717, 1.165) is 66.3 Å². The standard InChI is InChI=1S/C30H36ClN7O/c1-19-15-21(3)27-22(16-19)17-25(30(39)32-27)28(29-33-34-35-38(29)24-7-5-4-6-8-24)37-13-11-36(12-14-37)26-18-23(31)10-9-20(26)2/h9-10,15-18,24,28H,4-8,11-14H2,1-3H3,(H,32,39). The first-order chi connectivity index (χ1) is 18.9. The molecule has 1 atom stereocenters. The van der Waals surface area contributed by atoms with Crippen molar-refractivity contribution in [2.24, 2.45) is 0 Å². The molecule has 1 unspecified atom stereocenters. The van der Waals surface area contributed by atoms with Crippen molar-refractivity contribution in [1.82, 2.24) is 30.1 Å². The Morgan fingerprint density at radius 1 is 0.949 bits per heavy atom. The predicted octanol–water partition coefficient (Wildman–Crippen LogP) is 5.51. The van der Waals surface area contributed by atoms with E-state index in [1.54, 1.807) is 0 Å². The number of hydrogen-bond acceptors (Lipinski definition) is 6. The normalized spacial score (nSPS) is 18.1. The number of nitrogens with one attached hydrogen (secondary N) is 1. The fraction of sp³-hybridized carbons (Fsp3) is 0.467. The van der Waals surface area contributed by atoms with Crippen LogP contribution in [0.25, 0.3) is 10.9 Å². The Bertz CT molecular complexity index is 1550. The van der Waals surface area contributed by atoms with Gasteiger partial charge in [0, 0.05) is 42.5 Å². The molecule has 2 aromatic carbocycles. The molecular formula is C30H36ClN7O. The first-order valence-electron chi connectivity index (χ1n) is 14.1. The van der Waals surface area contributed by atoms with Gasteiger partial charge in [0.2, 0.25) is 0 Å². The van der Waals surface area contributed by atoms with Crippen LogP contribution in [0.5, 0.6) is 0 Å². The number of nitrogens with zero attached hydrogens (tertiary/aromatic N) is 6. The van der Waals surface area contributed by atoms with Gasteiger partial charge in [-0.3, -0.25) is 9.69 Å². The molecule has 6 rings (SSSR count). The third-order valence-corrected chi connectivity index (χ3v) is 8.73. The summed E-state index contributed by atoms with van der Waals surface area (Å²) in [5, 5.41) is 15.0. The van der Waals surface area contributed by atoms with Crippen LogP contribution in [0.4, 0.5) is 5.69 Å². The quantitative estimate of drug-likeness (QED) is 0.356. The Labute approximate surface area is 234 Å². The van der Waals surface area contributed by atoms with E-state index >= 15 is 0 Å². The number of benzene rings is 2. The van der Waals surface area contributed by atoms with Gasteiger partial charge in [0.25, 0.3) is 5.56 Å². The second-order valence-corrected chi connectivity index (χ2v) is 11.7. The molecular weight excluding hydrogens is 510 g/mol. The van der Waals surface area contributed by atoms with Crippen LogP contribution in [0.3, 0.4) is 0 Å². The van der Waals surface area contributed by atoms with Gasteiger partial charge in [-0.2, -0.15) is 0 Å². The van der Waals surface area contributed by atoms with Gasteiger partial charge in [0.15, 0.2) is 5.82 Å². The fourth-order valence-corrected chi connectivity index (χ4v) is 6.68. The first kappa shape index (κ1) is 26.0. The second-order valence-electron chi connectivity index (χ2n) is 11.2. The first-order valence-corrected chi connectivity index (χ1v) is 14.4. The van der Waals surface area contributed by atoms with Crippen LogP contribution in [0.2, 0.25) is 5.02 Å². The fourth-order valence-electron chi connectivity index (χ4n) is 6.52. The molecule has 8 nitrogen and oxygen atoms in total. The highest BCUT2D eigenvalue weighted by Crippen LogP contribution is 2.34. The molecule has 1 saturated carbocycles. The number of rotatable bonds is 5. The molecule has 39 heavy (non-hydrogen) atoms.